The van der Waals surface area contributed by atoms with E-state index in [0.29, 0.717) is 24.9 Å². The Kier molecular flexibility index (Phi) is 11.4. The van der Waals surface area contributed by atoms with Crippen molar-refractivity contribution in [3.63, 3.8) is 0 Å². The summed E-state index contributed by atoms with van der Waals surface area (Å²) in [6, 6.07) is 6.60. The number of ether oxygens (including phenoxy) is 3. The van der Waals surface area contributed by atoms with E-state index in [4.69, 9.17) is 14.2 Å². The van der Waals surface area contributed by atoms with Gasteiger partial charge in [0.05, 0.1) is 37.3 Å². The number of cyclic esters (lactones) is 1. The number of aliphatic hydroxyl groups is 1. The highest BCUT2D eigenvalue weighted by Crippen LogP contribution is 2.54. The van der Waals surface area contributed by atoms with Crippen LogP contribution in [0.25, 0.3) is 0 Å². The Morgan fingerprint density at radius 2 is 1.83 bits per heavy atom. The maximum atomic E-state index is 14.8. The van der Waals surface area contributed by atoms with Crippen LogP contribution in [-0.2, 0) is 33.4 Å². The summed E-state index contributed by atoms with van der Waals surface area (Å²) in [4.78, 5) is 60.4. The molecule has 5 rings (SSSR count). The summed E-state index contributed by atoms with van der Waals surface area (Å²) in [5, 5.41) is 13.6. The molecule has 1 aromatic carbocycles. The minimum Gasteiger partial charge on any atom is -0.455 e. The van der Waals surface area contributed by atoms with E-state index in [2.05, 4.69) is 12.2 Å². The number of carbonyl (C=O) groups is 4. The molecule has 4 aliphatic rings. The SMILES string of the molecule is CCCC(C)N1CC=C[C@@]23O[C@H]4/C=C\CCC(=O)N[C@@H](COC)[C@H](c5ccccc5)OC(=O)[C@H]4[C@@H]2C(=O)N([C@@H](CO)CC(C)C)[C@H]3C1=O. The van der Waals surface area contributed by atoms with Gasteiger partial charge < -0.3 is 34.4 Å². The Morgan fingerprint density at radius 1 is 1.08 bits per heavy atom. The molecule has 48 heavy (non-hydrogen) atoms. The van der Waals surface area contributed by atoms with Crippen molar-refractivity contribution in [2.24, 2.45) is 17.8 Å². The molecule has 4 aliphatic heterocycles. The van der Waals surface area contributed by atoms with Gasteiger partial charge in [-0.3, -0.25) is 19.2 Å². The number of nitrogens with zero attached hydrogens (tertiary/aromatic N) is 2. The number of allylic oxidation sites excluding steroid dienone is 1. The first-order chi connectivity index (χ1) is 23.1. The number of amides is 3. The highest BCUT2D eigenvalue weighted by molar-refractivity contribution is 5.99. The van der Waals surface area contributed by atoms with Crippen LogP contribution in [0.4, 0.5) is 0 Å². The zero-order valence-electron chi connectivity index (χ0n) is 28.7. The molecule has 1 spiro atoms. The molecule has 0 radical (unpaired) electrons. The third-order valence-corrected chi connectivity index (χ3v) is 10.1. The molecule has 0 aliphatic carbocycles. The van der Waals surface area contributed by atoms with Gasteiger partial charge >= 0.3 is 5.97 Å². The molecule has 11 nitrogen and oxygen atoms in total. The lowest BCUT2D eigenvalue weighted by Gasteiger charge is -2.40. The Morgan fingerprint density at radius 3 is 2.50 bits per heavy atom. The summed E-state index contributed by atoms with van der Waals surface area (Å²) >= 11 is 0. The molecule has 262 valence electrons. The van der Waals surface area contributed by atoms with Gasteiger partial charge in [0, 0.05) is 26.1 Å². The Hall–Kier alpha value is -3.54. The number of nitrogens with one attached hydrogen (secondary N) is 1. The number of methoxy groups -OCH3 is 1. The highest BCUT2D eigenvalue weighted by Gasteiger charge is 2.72. The summed E-state index contributed by atoms with van der Waals surface area (Å²) in [6.45, 7) is 8.16. The molecule has 2 fully saturated rings. The van der Waals surface area contributed by atoms with Gasteiger partial charge in [0.15, 0.2) is 0 Å². The fraction of sp³-hybridized carbons (Fsp3) is 0.622. The van der Waals surface area contributed by atoms with Crippen LogP contribution in [0, 0.1) is 17.8 Å². The first-order valence-electron chi connectivity index (χ1n) is 17.4. The maximum Gasteiger partial charge on any atom is 0.313 e. The molecule has 3 amide bonds. The van der Waals surface area contributed by atoms with Gasteiger partial charge in [-0.05, 0) is 37.7 Å². The van der Waals surface area contributed by atoms with Crippen LogP contribution in [-0.4, -0.2) is 101 Å². The van der Waals surface area contributed by atoms with Crippen molar-refractivity contribution in [3.8, 4) is 0 Å². The average molecular weight is 666 g/mol. The third kappa shape index (κ3) is 6.82. The number of carbonyl (C=O) groups excluding carboxylic acids is 4. The summed E-state index contributed by atoms with van der Waals surface area (Å²) in [5.41, 5.74) is -0.814. The highest BCUT2D eigenvalue weighted by atomic mass is 16.6. The van der Waals surface area contributed by atoms with E-state index in [0.717, 1.165) is 12.8 Å². The first-order valence-corrected chi connectivity index (χ1v) is 17.4. The second kappa shape index (κ2) is 15.3. The summed E-state index contributed by atoms with van der Waals surface area (Å²) in [6.07, 6.45) is 8.06. The number of hydrogen-bond donors (Lipinski definition) is 2. The lowest BCUT2D eigenvalue weighted by atomic mass is 9.77. The quantitative estimate of drug-likeness (QED) is 0.287. The Labute approximate surface area is 283 Å². The van der Waals surface area contributed by atoms with E-state index in [1.807, 2.05) is 57.2 Å². The number of esters is 1. The van der Waals surface area contributed by atoms with E-state index >= 15 is 0 Å². The van der Waals surface area contributed by atoms with E-state index in [1.165, 1.54) is 12.0 Å². The molecule has 2 N–H and O–H groups in total. The molecule has 0 saturated carbocycles. The molecule has 11 heteroatoms. The number of benzene rings is 1. The van der Waals surface area contributed by atoms with Crippen LogP contribution in [0.15, 0.2) is 54.6 Å². The van der Waals surface area contributed by atoms with Gasteiger partial charge in [-0.2, -0.15) is 0 Å². The van der Waals surface area contributed by atoms with E-state index < -0.39 is 59.6 Å². The molecule has 1 aromatic rings. The predicted molar refractivity (Wildman–Crippen MR) is 178 cm³/mol. The number of fused-ring (bicyclic) bond motifs is 2. The monoisotopic (exact) mass is 665 g/mol. The molecule has 9 atom stereocenters. The average Bonchev–Trinajstić information content (AvgIpc) is 3.45. The molecule has 4 heterocycles. The Bertz CT molecular complexity index is 1380. The van der Waals surface area contributed by atoms with Gasteiger partial charge in [0.2, 0.25) is 17.7 Å². The molecular weight excluding hydrogens is 614 g/mol. The lowest BCUT2D eigenvalue weighted by Crippen LogP contribution is -2.59. The number of likely N-dealkylation sites (tertiary alicyclic amines) is 1. The summed E-state index contributed by atoms with van der Waals surface area (Å²) < 4.78 is 18.6. The fourth-order valence-electron chi connectivity index (χ4n) is 8.03. The van der Waals surface area contributed by atoms with Crippen LogP contribution < -0.4 is 5.32 Å². The van der Waals surface area contributed by atoms with Crippen molar-refractivity contribution in [2.45, 2.75) is 102 Å². The zero-order chi connectivity index (χ0) is 34.6. The topological polar surface area (TPSA) is 135 Å². The Balaban J connectivity index is 1.64. The van der Waals surface area contributed by atoms with Gasteiger partial charge in [0.1, 0.15) is 23.7 Å². The second-order valence-corrected chi connectivity index (χ2v) is 13.9. The maximum absolute atomic E-state index is 14.8. The van der Waals surface area contributed by atoms with Crippen molar-refractivity contribution in [1.29, 1.82) is 0 Å². The number of hydrogen-bond acceptors (Lipinski definition) is 8. The van der Waals surface area contributed by atoms with Crippen molar-refractivity contribution in [2.75, 3.05) is 26.9 Å². The molecule has 0 aromatic heterocycles. The zero-order valence-corrected chi connectivity index (χ0v) is 28.7. The van der Waals surface area contributed by atoms with Crippen molar-refractivity contribution in [3.05, 3.63) is 60.2 Å². The molecule has 2 saturated heterocycles. The predicted octanol–water partition coefficient (Wildman–Crippen LogP) is 3.33. The van der Waals surface area contributed by atoms with Crippen molar-refractivity contribution >= 4 is 23.7 Å². The molecular formula is C37H51N3O8. The fourth-order valence-corrected chi connectivity index (χ4v) is 8.03. The van der Waals surface area contributed by atoms with Crippen LogP contribution >= 0.6 is 0 Å². The summed E-state index contributed by atoms with van der Waals surface area (Å²) in [7, 11) is 1.51. The molecule has 1 unspecified atom stereocenters. The number of aliphatic hydroxyl groups excluding tert-OH is 1. The largest absolute Gasteiger partial charge is 0.455 e. The molecule has 0 bridgehead atoms. The minimum absolute atomic E-state index is 0.0809. The van der Waals surface area contributed by atoms with Crippen LogP contribution in [0.1, 0.15) is 71.5 Å². The normalized spacial score (nSPS) is 32.7. The van der Waals surface area contributed by atoms with Gasteiger partial charge in [0.25, 0.3) is 0 Å². The first kappa shape index (κ1) is 35.8. The van der Waals surface area contributed by atoms with E-state index in [-0.39, 0.29) is 43.4 Å². The minimum atomic E-state index is -1.47. The van der Waals surface area contributed by atoms with E-state index in [9.17, 15) is 24.3 Å². The smallest absolute Gasteiger partial charge is 0.313 e. The lowest BCUT2D eigenvalue weighted by molar-refractivity contribution is -0.163. The van der Waals surface area contributed by atoms with Crippen molar-refractivity contribution < 1.29 is 38.5 Å². The van der Waals surface area contributed by atoms with Crippen LogP contribution in [0.3, 0.4) is 0 Å². The van der Waals surface area contributed by atoms with Crippen LogP contribution in [0.2, 0.25) is 0 Å². The van der Waals surface area contributed by atoms with Crippen molar-refractivity contribution in [1.82, 2.24) is 15.1 Å². The van der Waals surface area contributed by atoms with E-state index in [1.54, 1.807) is 23.1 Å². The van der Waals surface area contributed by atoms with Gasteiger partial charge in [-0.15, -0.1) is 0 Å². The second-order valence-electron chi connectivity index (χ2n) is 13.9. The third-order valence-electron chi connectivity index (χ3n) is 10.1. The summed E-state index contributed by atoms with van der Waals surface area (Å²) in [5.74, 6) is -3.61. The number of rotatable bonds is 10. The van der Waals surface area contributed by atoms with Gasteiger partial charge in [-0.1, -0.05) is 81.8 Å². The van der Waals surface area contributed by atoms with Crippen LogP contribution in [0.5, 0.6) is 0 Å². The van der Waals surface area contributed by atoms with Gasteiger partial charge in [-0.25, -0.2) is 0 Å². The standard InChI is InChI=1S/C37H51N3O8/c1-6-13-24(4)39-19-12-18-37-31(34(43)40(33(37)35(39)44)26(21-41)20-23(2)3)30-28(48-37)16-10-11-17-29(42)38-27(22-46-5)32(47-36(30)45)25-14-8-7-9-15-25/h7-10,12,14-16,18,23-24,26-28,30-33,41H,6,11,13,17,19-22H2,1-5H3,(H,38,42)/b16-10-/t24?,26-,27+,28+,30-,31-,32+,33+,37-/m1/s1.